The van der Waals surface area contributed by atoms with Gasteiger partial charge >= 0.3 is 0 Å². The second-order valence-electron chi connectivity index (χ2n) is 9.02. The van der Waals surface area contributed by atoms with Crippen LogP contribution >= 0.6 is 0 Å². The molecule has 0 aliphatic carbocycles. The molecule has 0 saturated carbocycles. The van der Waals surface area contributed by atoms with Crippen LogP contribution in [0, 0.1) is 18.7 Å². The van der Waals surface area contributed by atoms with Crippen LogP contribution in [0.5, 0.6) is 5.75 Å². The van der Waals surface area contributed by atoms with Gasteiger partial charge < -0.3 is 14.7 Å². The number of nitrogens with one attached hydrogen (secondary N) is 2. The first-order valence-electron chi connectivity index (χ1n) is 11.5. The summed E-state index contributed by atoms with van der Waals surface area (Å²) < 4.78 is 19.1. The van der Waals surface area contributed by atoms with Crippen molar-refractivity contribution < 1.29 is 14.2 Å². The summed E-state index contributed by atoms with van der Waals surface area (Å²) in [7, 11) is 1.70. The third-order valence-corrected chi connectivity index (χ3v) is 6.79. The summed E-state index contributed by atoms with van der Waals surface area (Å²) in [4.78, 5) is 4.99. The number of halogens is 1. The van der Waals surface area contributed by atoms with E-state index in [1.165, 1.54) is 11.6 Å². The Bertz CT molecular complexity index is 896. The third kappa shape index (κ3) is 5.47. The van der Waals surface area contributed by atoms with Gasteiger partial charge in [-0.2, -0.15) is 0 Å². The molecule has 174 valence electrons. The molecule has 3 atom stereocenters. The second kappa shape index (κ2) is 10.7. The summed E-state index contributed by atoms with van der Waals surface area (Å²) in [5.41, 5.74) is 10.00. The van der Waals surface area contributed by atoms with E-state index >= 15 is 0 Å². The van der Waals surface area contributed by atoms with Crippen molar-refractivity contribution in [1.29, 1.82) is 0 Å². The number of aliphatic hydroxyl groups excluding tert-OH is 1. The van der Waals surface area contributed by atoms with Gasteiger partial charge in [0.15, 0.2) is 0 Å². The molecule has 7 heteroatoms. The number of piperazine rings is 1. The van der Waals surface area contributed by atoms with Crippen LogP contribution < -0.4 is 15.6 Å². The number of hydrazine groups is 1. The van der Waals surface area contributed by atoms with Gasteiger partial charge in [0.1, 0.15) is 11.6 Å². The Morgan fingerprint density at radius 1 is 1.19 bits per heavy atom. The molecule has 2 aromatic carbocycles. The van der Waals surface area contributed by atoms with E-state index in [0.717, 1.165) is 62.6 Å². The maximum absolute atomic E-state index is 13.7. The molecular weight excluding hydrogens is 407 g/mol. The van der Waals surface area contributed by atoms with Gasteiger partial charge in [0, 0.05) is 57.8 Å². The Hall–Kier alpha value is -2.03. The predicted molar refractivity (Wildman–Crippen MR) is 124 cm³/mol. The summed E-state index contributed by atoms with van der Waals surface area (Å²) in [6.07, 6.45) is 0.764. The molecule has 2 aromatic rings. The van der Waals surface area contributed by atoms with Gasteiger partial charge in [-0.1, -0.05) is 24.3 Å². The lowest BCUT2D eigenvalue weighted by atomic mass is 9.93. The zero-order chi connectivity index (χ0) is 22.5. The topological polar surface area (TPSA) is 60.0 Å². The number of hydrogen-bond donors (Lipinski definition) is 3. The van der Waals surface area contributed by atoms with E-state index in [0.29, 0.717) is 12.0 Å². The maximum atomic E-state index is 13.7. The van der Waals surface area contributed by atoms with E-state index in [1.54, 1.807) is 19.2 Å². The van der Waals surface area contributed by atoms with Gasteiger partial charge in [-0.25, -0.2) is 9.82 Å². The van der Waals surface area contributed by atoms with Gasteiger partial charge in [-0.15, -0.1) is 0 Å². The molecule has 0 bridgehead atoms. The normalized spacial score (nSPS) is 24.7. The van der Waals surface area contributed by atoms with Crippen molar-refractivity contribution in [3.63, 3.8) is 0 Å². The van der Waals surface area contributed by atoms with Crippen molar-refractivity contribution in [2.45, 2.75) is 32.0 Å². The number of benzene rings is 2. The lowest BCUT2D eigenvalue weighted by molar-refractivity contribution is 0.0457. The van der Waals surface area contributed by atoms with E-state index in [-0.39, 0.29) is 18.5 Å². The van der Waals surface area contributed by atoms with E-state index in [9.17, 15) is 9.50 Å². The highest BCUT2D eigenvalue weighted by Gasteiger charge is 2.33. The van der Waals surface area contributed by atoms with E-state index in [2.05, 4.69) is 39.7 Å². The number of methoxy groups -OCH3 is 1. The first-order chi connectivity index (χ1) is 15.6. The van der Waals surface area contributed by atoms with Crippen molar-refractivity contribution in [1.82, 2.24) is 20.7 Å². The zero-order valence-electron chi connectivity index (χ0n) is 19.1. The number of hydrogen-bond acceptors (Lipinski definition) is 6. The highest BCUT2D eigenvalue weighted by molar-refractivity contribution is 5.36. The van der Waals surface area contributed by atoms with Crippen LogP contribution in [-0.4, -0.2) is 67.4 Å². The fourth-order valence-electron chi connectivity index (χ4n) is 5.12. The van der Waals surface area contributed by atoms with Crippen LogP contribution in [0.3, 0.4) is 0 Å². The van der Waals surface area contributed by atoms with Crippen LogP contribution in [0.4, 0.5) is 4.39 Å². The smallest absolute Gasteiger partial charge is 0.123 e. The number of ether oxygens (including phenoxy) is 1. The van der Waals surface area contributed by atoms with Gasteiger partial charge in [0.2, 0.25) is 0 Å². The van der Waals surface area contributed by atoms with Crippen molar-refractivity contribution in [3.8, 4) is 5.75 Å². The maximum Gasteiger partial charge on any atom is 0.123 e. The quantitative estimate of drug-likeness (QED) is 0.584. The van der Waals surface area contributed by atoms with Gasteiger partial charge in [-0.05, 0) is 48.2 Å². The summed E-state index contributed by atoms with van der Waals surface area (Å²) in [6.45, 7) is 7.83. The third-order valence-electron chi connectivity index (χ3n) is 6.79. The Morgan fingerprint density at radius 3 is 2.81 bits per heavy atom. The van der Waals surface area contributed by atoms with Crippen molar-refractivity contribution in [2.75, 3.05) is 46.4 Å². The average molecular weight is 443 g/mol. The monoisotopic (exact) mass is 442 g/mol. The number of aryl methyl sites for hydroxylation is 1. The Kier molecular flexibility index (Phi) is 7.75. The highest BCUT2D eigenvalue weighted by atomic mass is 19.1. The molecule has 4 rings (SSSR count). The first kappa shape index (κ1) is 23.1. The van der Waals surface area contributed by atoms with Gasteiger partial charge in [0.05, 0.1) is 13.2 Å². The zero-order valence-corrected chi connectivity index (χ0v) is 19.1. The highest BCUT2D eigenvalue weighted by Crippen LogP contribution is 2.28. The van der Waals surface area contributed by atoms with Crippen molar-refractivity contribution in [3.05, 3.63) is 65.0 Å². The standard InChI is InChI=1S/C25H35FN4O2/c1-18-12-19(6-7-24(18)32-2)15-30-10-9-29(17-23(30)8-11-31)16-21-14-27-28-25(21)20-4-3-5-22(26)13-20/h3-7,12-13,21,23,25,27-28,31H,8-11,14-17H2,1-2H3. The fourth-order valence-corrected chi connectivity index (χ4v) is 5.12. The molecule has 2 saturated heterocycles. The molecule has 2 fully saturated rings. The summed E-state index contributed by atoms with van der Waals surface area (Å²) >= 11 is 0. The number of rotatable bonds is 8. The predicted octanol–water partition coefficient (Wildman–Crippen LogP) is 2.48. The fraction of sp³-hybridized carbons (Fsp3) is 0.520. The Balaban J connectivity index is 1.39. The minimum Gasteiger partial charge on any atom is -0.496 e. The van der Waals surface area contributed by atoms with Crippen LogP contribution in [-0.2, 0) is 6.54 Å². The first-order valence-corrected chi connectivity index (χ1v) is 11.5. The molecule has 3 N–H and O–H groups in total. The molecule has 3 unspecified atom stereocenters. The largest absolute Gasteiger partial charge is 0.496 e. The molecule has 2 aliphatic heterocycles. The molecule has 32 heavy (non-hydrogen) atoms. The lowest BCUT2D eigenvalue weighted by Crippen LogP contribution is -2.54. The molecule has 0 aromatic heterocycles. The van der Waals surface area contributed by atoms with Crippen LogP contribution in [0.2, 0.25) is 0 Å². The van der Waals surface area contributed by atoms with E-state index in [1.807, 2.05) is 12.1 Å². The van der Waals surface area contributed by atoms with Crippen molar-refractivity contribution in [2.24, 2.45) is 5.92 Å². The van der Waals surface area contributed by atoms with Crippen molar-refractivity contribution >= 4 is 0 Å². The molecular formula is C25H35FN4O2. The van der Waals surface area contributed by atoms with Crippen LogP contribution in [0.15, 0.2) is 42.5 Å². The lowest BCUT2D eigenvalue weighted by Gasteiger charge is -2.42. The van der Waals surface area contributed by atoms with E-state index in [4.69, 9.17) is 4.74 Å². The number of aliphatic hydroxyl groups is 1. The van der Waals surface area contributed by atoms with Gasteiger partial charge in [-0.3, -0.25) is 10.3 Å². The SMILES string of the molecule is COc1ccc(CN2CCN(CC3CNNC3c3cccc(F)c3)CC2CCO)cc1C. The Labute approximate surface area is 190 Å². The number of nitrogens with zero attached hydrogens (tertiary/aromatic N) is 2. The van der Waals surface area contributed by atoms with E-state index < -0.39 is 0 Å². The minimum absolute atomic E-state index is 0.0993. The molecule has 0 spiro atoms. The summed E-state index contributed by atoms with van der Waals surface area (Å²) in [5, 5.41) is 9.68. The summed E-state index contributed by atoms with van der Waals surface area (Å²) in [6, 6.07) is 13.7. The second-order valence-corrected chi connectivity index (χ2v) is 9.02. The molecule has 0 amide bonds. The molecule has 6 nitrogen and oxygen atoms in total. The minimum atomic E-state index is -0.194. The van der Waals surface area contributed by atoms with Crippen LogP contribution in [0.1, 0.15) is 29.2 Å². The molecule has 0 radical (unpaired) electrons. The molecule has 2 aliphatic rings. The Morgan fingerprint density at radius 2 is 2.06 bits per heavy atom. The average Bonchev–Trinajstić information content (AvgIpc) is 3.24. The summed E-state index contributed by atoms with van der Waals surface area (Å²) in [5.74, 6) is 1.08. The van der Waals surface area contributed by atoms with Crippen LogP contribution in [0.25, 0.3) is 0 Å². The molecule has 2 heterocycles. The van der Waals surface area contributed by atoms with Gasteiger partial charge in [0.25, 0.3) is 0 Å².